The van der Waals surface area contributed by atoms with Gasteiger partial charge in [0.15, 0.2) is 0 Å². The van der Waals surface area contributed by atoms with E-state index in [2.05, 4.69) is 5.22 Å². The van der Waals surface area contributed by atoms with E-state index >= 15 is 0 Å². The van der Waals surface area contributed by atoms with Crippen LogP contribution in [-0.4, -0.2) is 16.7 Å². The van der Waals surface area contributed by atoms with Gasteiger partial charge >= 0.3 is 0 Å². The summed E-state index contributed by atoms with van der Waals surface area (Å²) in [6.45, 7) is 1.55. The average molecular weight is 219 g/mol. The van der Waals surface area contributed by atoms with Crippen molar-refractivity contribution in [3.05, 3.63) is 35.9 Å². The second-order valence-electron chi connectivity index (χ2n) is 3.42. The Morgan fingerprint density at radius 3 is 2.44 bits per heavy atom. The minimum atomic E-state index is -0.452. The van der Waals surface area contributed by atoms with Crippen molar-refractivity contribution in [2.75, 3.05) is 0 Å². The number of carbonyl (C=O) groups excluding carboxylic acids is 2. The third-order valence-electron chi connectivity index (χ3n) is 1.98. The molecule has 84 valence electrons. The Labute approximate surface area is 93.5 Å². The van der Waals surface area contributed by atoms with E-state index in [-0.39, 0.29) is 18.7 Å². The molecule has 1 aromatic rings. The number of ketones is 1. The van der Waals surface area contributed by atoms with E-state index in [1.54, 1.807) is 0 Å². The standard InChI is InChI=1S/C11H13N3O2/c1-9(15)7-11(16)14(13-12)8-10-5-3-2-4-6-10/h2-6,12H,7-8H2,1H3. The first-order valence-corrected chi connectivity index (χ1v) is 4.84. The second kappa shape index (κ2) is 5.75. The lowest BCUT2D eigenvalue weighted by Gasteiger charge is -2.14. The van der Waals surface area contributed by atoms with Crippen LogP contribution in [0.15, 0.2) is 35.6 Å². The minimum Gasteiger partial charge on any atom is -0.299 e. The smallest absolute Gasteiger partial charge is 0.251 e. The number of amides is 1. The SMILES string of the molecule is CC(=O)CC(=O)N(Cc1ccccc1)N=N. The van der Waals surface area contributed by atoms with Crippen LogP contribution in [0.4, 0.5) is 0 Å². The number of hydrogen-bond donors (Lipinski definition) is 1. The predicted molar refractivity (Wildman–Crippen MR) is 57.4 cm³/mol. The van der Waals surface area contributed by atoms with Crippen LogP contribution in [0.1, 0.15) is 18.9 Å². The van der Waals surface area contributed by atoms with Crippen molar-refractivity contribution in [3.8, 4) is 0 Å². The van der Waals surface area contributed by atoms with E-state index < -0.39 is 5.91 Å². The highest BCUT2D eigenvalue weighted by atomic mass is 16.2. The van der Waals surface area contributed by atoms with Gasteiger partial charge < -0.3 is 0 Å². The van der Waals surface area contributed by atoms with Crippen LogP contribution in [0, 0.1) is 5.53 Å². The van der Waals surface area contributed by atoms with E-state index in [0.717, 1.165) is 10.6 Å². The van der Waals surface area contributed by atoms with Gasteiger partial charge in [0.2, 0.25) is 0 Å². The molecule has 1 aromatic carbocycles. The highest BCUT2D eigenvalue weighted by molar-refractivity contribution is 5.96. The van der Waals surface area contributed by atoms with Crippen molar-refractivity contribution < 1.29 is 9.59 Å². The maximum Gasteiger partial charge on any atom is 0.251 e. The zero-order valence-corrected chi connectivity index (χ0v) is 9.01. The van der Waals surface area contributed by atoms with Crippen molar-refractivity contribution in [1.82, 2.24) is 5.01 Å². The lowest BCUT2D eigenvalue weighted by Crippen LogP contribution is -2.26. The van der Waals surface area contributed by atoms with E-state index in [1.165, 1.54) is 6.92 Å². The van der Waals surface area contributed by atoms with Gasteiger partial charge in [-0.15, -0.1) is 0 Å². The fraction of sp³-hybridized carbons (Fsp3) is 0.273. The van der Waals surface area contributed by atoms with Gasteiger partial charge in [-0.3, -0.25) is 9.59 Å². The highest BCUT2D eigenvalue weighted by Crippen LogP contribution is 2.06. The Kier molecular flexibility index (Phi) is 4.32. The van der Waals surface area contributed by atoms with Crippen molar-refractivity contribution >= 4 is 11.7 Å². The summed E-state index contributed by atoms with van der Waals surface area (Å²) >= 11 is 0. The molecule has 0 spiro atoms. The summed E-state index contributed by atoms with van der Waals surface area (Å²) in [6, 6.07) is 9.21. The Bertz CT molecular complexity index is 389. The molecule has 0 aromatic heterocycles. The molecule has 0 heterocycles. The molecule has 1 amide bonds. The molecule has 0 radical (unpaired) electrons. The highest BCUT2D eigenvalue weighted by Gasteiger charge is 2.14. The summed E-state index contributed by atoms with van der Waals surface area (Å²) in [5.41, 5.74) is 7.77. The molecule has 0 aliphatic rings. The van der Waals surface area contributed by atoms with Gasteiger partial charge in [-0.25, -0.2) is 5.01 Å². The number of hydrogen-bond acceptors (Lipinski definition) is 4. The van der Waals surface area contributed by atoms with Gasteiger partial charge in [-0.2, -0.15) is 5.53 Å². The van der Waals surface area contributed by atoms with Crippen molar-refractivity contribution in [2.24, 2.45) is 5.22 Å². The molecule has 0 aliphatic heterocycles. The van der Waals surface area contributed by atoms with Crippen LogP contribution in [0.3, 0.4) is 0 Å². The van der Waals surface area contributed by atoms with Gasteiger partial charge in [0.25, 0.3) is 5.91 Å². The van der Waals surface area contributed by atoms with Gasteiger partial charge in [0, 0.05) is 0 Å². The zero-order valence-electron chi connectivity index (χ0n) is 9.01. The molecule has 0 saturated heterocycles. The lowest BCUT2D eigenvalue weighted by atomic mass is 10.2. The zero-order chi connectivity index (χ0) is 12.0. The molecule has 0 fully saturated rings. The van der Waals surface area contributed by atoms with Gasteiger partial charge in [0.05, 0.1) is 13.0 Å². The summed E-state index contributed by atoms with van der Waals surface area (Å²) in [5, 5.41) is 4.10. The molecule has 5 nitrogen and oxygen atoms in total. The summed E-state index contributed by atoms with van der Waals surface area (Å²) < 4.78 is 0. The molecule has 0 saturated carbocycles. The molecule has 1 rings (SSSR count). The normalized spacial score (nSPS) is 9.56. The number of benzene rings is 1. The number of rotatable bonds is 5. The molecule has 0 aliphatic carbocycles. The van der Waals surface area contributed by atoms with Crippen LogP contribution >= 0.6 is 0 Å². The van der Waals surface area contributed by atoms with Gasteiger partial charge in [-0.1, -0.05) is 35.6 Å². The van der Waals surface area contributed by atoms with Gasteiger partial charge in [-0.05, 0) is 12.5 Å². The summed E-state index contributed by atoms with van der Waals surface area (Å²) in [5.74, 6) is -0.682. The maximum absolute atomic E-state index is 11.5. The average Bonchev–Trinajstić information content (AvgIpc) is 2.26. The third kappa shape index (κ3) is 3.61. The number of Topliss-reactive ketones (excluding diaryl/α,β-unsaturated/α-hetero) is 1. The quantitative estimate of drug-likeness (QED) is 0.467. The largest absolute Gasteiger partial charge is 0.299 e. The molecular formula is C11H13N3O2. The minimum absolute atomic E-state index is 0.213. The molecule has 0 atom stereocenters. The fourth-order valence-electron chi connectivity index (χ4n) is 1.24. The first kappa shape index (κ1) is 12.0. The first-order valence-electron chi connectivity index (χ1n) is 4.84. The Morgan fingerprint density at radius 1 is 1.31 bits per heavy atom. The number of nitrogens with zero attached hydrogens (tertiary/aromatic N) is 2. The van der Waals surface area contributed by atoms with Crippen LogP contribution in [-0.2, 0) is 16.1 Å². The third-order valence-corrected chi connectivity index (χ3v) is 1.98. The molecule has 0 bridgehead atoms. The number of nitrogens with one attached hydrogen (secondary N) is 1. The fourth-order valence-corrected chi connectivity index (χ4v) is 1.24. The lowest BCUT2D eigenvalue weighted by molar-refractivity contribution is -0.135. The van der Waals surface area contributed by atoms with Crippen molar-refractivity contribution in [2.45, 2.75) is 19.9 Å². The van der Waals surface area contributed by atoms with E-state index in [4.69, 9.17) is 5.53 Å². The summed E-state index contributed by atoms with van der Waals surface area (Å²) in [7, 11) is 0. The maximum atomic E-state index is 11.5. The number of carbonyl (C=O) groups is 2. The molecule has 16 heavy (non-hydrogen) atoms. The monoisotopic (exact) mass is 219 g/mol. The van der Waals surface area contributed by atoms with Crippen LogP contribution in [0.2, 0.25) is 0 Å². The van der Waals surface area contributed by atoms with Crippen molar-refractivity contribution in [1.29, 1.82) is 5.53 Å². The van der Waals surface area contributed by atoms with Crippen LogP contribution < -0.4 is 0 Å². The Hall–Kier alpha value is -2.04. The first-order chi connectivity index (χ1) is 7.63. The molecule has 5 heteroatoms. The Balaban J connectivity index is 2.66. The molecule has 1 N–H and O–H groups in total. The summed E-state index contributed by atoms with van der Waals surface area (Å²) in [6.07, 6.45) is -0.213. The Morgan fingerprint density at radius 2 is 1.94 bits per heavy atom. The van der Waals surface area contributed by atoms with E-state index in [1.807, 2.05) is 30.3 Å². The van der Waals surface area contributed by atoms with Crippen molar-refractivity contribution in [3.63, 3.8) is 0 Å². The summed E-state index contributed by atoms with van der Waals surface area (Å²) in [4.78, 5) is 22.3. The predicted octanol–water partition coefficient (Wildman–Crippen LogP) is 1.94. The van der Waals surface area contributed by atoms with Gasteiger partial charge in [0.1, 0.15) is 5.78 Å². The van der Waals surface area contributed by atoms with Crippen LogP contribution in [0.25, 0.3) is 0 Å². The molecule has 0 unspecified atom stereocenters. The topological polar surface area (TPSA) is 73.6 Å². The van der Waals surface area contributed by atoms with E-state index in [0.29, 0.717) is 0 Å². The second-order valence-corrected chi connectivity index (χ2v) is 3.42. The van der Waals surface area contributed by atoms with Crippen LogP contribution in [0.5, 0.6) is 0 Å². The molecular weight excluding hydrogens is 206 g/mol. The van der Waals surface area contributed by atoms with E-state index in [9.17, 15) is 9.59 Å².